The number of Topliss-reactive ketones (excluding diaryl/α,β-unsaturated/α-hetero) is 1. The van der Waals surface area contributed by atoms with Crippen LogP contribution < -0.4 is 0 Å². The van der Waals surface area contributed by atoms with Crippen LogP contribution in [-0.2, 0) is 4.79 Å². The van der Waals surface area contributed by atoms with Gasteiger partial charge in [-0.15, -0.1) is 11.8 Å². The van der Waals surface area contributed by atoms with Crippen LogP contribution in [0.25, 0.3) is 0 Å². The van der Waals surface area contributed by atoms with Crippen molar-refractivity contribution >= 4 is 17.5 Å². The Bertz CT molecular complexity index is 301. The van der Waals surface area contributed by atoms with Crippen LogP contribution >= 0.6 is 11.8 Å². The molecular weight excluding hydrogens is 192 g/mol. The van der Waals surface area contributed by atoms with E-state index in [-0.39, 0.29) is 5.92 Å². The molecule has 0 saturated carbocycles. The molecule has 0 atom stereocenters. The molecule has 0 saturated heterocycles. The summed E-state index contributed by atoms with van der Waals surface area (Å²) < 4.78 is 0. The van der Waals surface area contributed by atoms with Crippen LogP contribution in [0.1, 0.15) is 19.4 Å². The first-order valence-electron chi connectivity index (χ1n) is 4.82. The van der Waals surface area contributed by atoms with Gasteiger partial charge in [0.05, 0.1) is 5.75 Å². The number of hydrogen-bond donors (Lipinski definition) is 0. The van der Waals surface area contributed by atoms with E-state index in [1.54, 1.807) is 11.8 Å². The summed E-state index contributed by atoms with van der Waals surface area (Å²) in [5, 5.41) is 0. The molecule has 1 aromatic rings. The molecule has 1 rings (SSSR count). The van der Waals surface area contributed by atoms with Crippen LogP contribution in [0, 0.1) is 12.8 Å². The molecule has 0 radical (unpaired) electrons. The first kappa shape index (κ1) is 11.3. The Morgan fingerprint density at radius 1 is 1.29 bits per heavy atom. The van der Waals surface area contributed by atoms with Crippen LogP contribution in [-0.4, -0.2) is 11.5 Å². The summed E-state index contributed by atoms with van der Waals surface area (Å²) in [5.41, 5.74) is 1.25. The summed E-state index contributed by atoms with van der Waals surface area (Å²) in [6.07, 6.45) is 0. The maximum absolute atomic E-state index is 11.4. The lowest BCUT2D eigenvalue weighted by Crippen LogP contribution is -2.09. The van der Waals surface area contributed by atoms with E-state index in [2.05, 4.69) is 31.2 Å². The summed E-state index contributed by atoms with van der Waals surface area (Å²) in [5.74, 6) is 1.05. The Labute approximate surface area is 89.9 Å². The van der Waals surface area contributed by atoms with Crippen molar-refractivity contribution in [3.05, 3.63) is 29.8 Å². The van der Waals surface area contributed by atoms with Crippen LogP contribution in [0.15, 0.2) is 29.2 Å². The van der Waals surface area contributed by atoms with Gasteiger partial charge in [-0.2, -0.15) is 0 Å². The number of benzene rings is 1. The first-order valence-corrected chi connectivity index (χ1v) is 5.80. The summed E-state index contributed by atoms with van der Waals surface area (Å²) in [7, 11) is 0. The normalized spacial score (nSPS) is 10.6. The summed E-state index contributed by atoms with van der Waals surface area (Å²) in [6, 6.07) is 8.27. The second-order valence-corrected chi connectivity index (χ2v) is 4.77. The predicted molar refractivity (Wildman–Crippen MR) is 61.7 cm³/mol. The second-order valence-electron chi connectivity index (χ2n) is 3.72. The van der Waals surface area contributed by atoms with Crippen molar-refractivity contribution in [1.29, 1.82) is 0 Å². The molecule has 0 aliphatic rings. The average Bonchev–Trinajstić information content (AvgIpc) is 2.16. The van der Waals surface area contributed by atoms with Crippen LogP contribution in [0.2, 0.25) is 0 Å². The third-order valence-electron chi connectivity index (χ3n) is 2.05. The third-order valence-corrected chi connectivity index (χ3v) is 3.08. The van der Waals surface area contributed by atoms with E-state index in [1.165, 1.54) is 10.5 Å². The van der Waals surface area contributed by atoms with Crippen molar-refractivity contribution in [1.82, 2.24) is 0 Å². The SMILES string of the molecule is Cc1ccc(SCC(=O)C(C)C)cc1. The number of hydrogen-bond acceptors (Lipinski definition) is 2. The van der Waals surface area contributed by atoms with Gasteiger partial charge in [-0.05, 0) is 19.1 Å². The number of rotatable bonds is 4. The Kier molecular flexibility index (Phi) is 4.21. The number of aryl methyl sites for hydroxylation is 1. The second kappa shape index (κ2) is 5.20. The molecule has 0 aliphatic carbocycles. The van der Waals surface area contributed by atoms with Gasteiger partial charge in [0, 0.05) is 10.8 Å². The quantitative estimate of drug-likeness (QED) is 0.706. The smallest absolute Gasteiger partial charge is 0.145 e. The van der Waals surface area contributed by atoms with Crippen molar-refractivity contribution in [3.8, 4) is 0 Å². The number of carbonyl (C=O) groups is 1. The summed E-state index contributed by atoms with van der Waals surface area (Å²) in [4.78, 5) is 12.5. The van der Waals surface area contributed by atoms with E-state index in [9.17, 15) is 4.79 Å². The van der Waals surface area contributed by atoms with Crippen molar-refractivity contribution in [3.63, 3.8) is 0 Å². The highest BCUT2D eigenvalue weighted by molar-refractivity contribution is 8.00. The van der Waals surface area contributed by atoms with Gasteiger partial charge in [-0.25, -0.2) is 0 Å². The van der Waals surface area contributed by atoms with Gasteiger partial charge in [0.1, 0.15) is 5.78 Å². The van der Waals surface area contributed by atoms with Gasteiger partial charge < -0.3 is 0 Å². The van der Waals surface area contributed by atoms with Gasteiger partial charge in [-0.3, -0.25) is 4.79 Å². The molecule has 0 heterocycles. The molecular formula is C12H16OS. The van der Waals surface area contributed by atoms with Gasteiger partial charge in [0.15, 0.2) is 0 Å². The Balaban J connectivity index is 2.46. The first-order chi connectivity index (χ1) is 6.59. The van der Waals surface area contributed by atoms with E-state index in [4.69, 9.17) is 0 Å². The monoisotopic (exact) mass is 208 g/mol. The average molecular weight is 208 g/mol. The van der Waals surface area contributed by atoms with E-state index in [0.29, 0.717) is 11.5 Å². The van der Waals surface area contributed by atoms with Crippen LogP contribution in [0.3, 0.4) is 0 Å². The van der Waals surface area contributed by atoms with Gasteiger partial charge in [-0.1, -0.05) is 31.5 Å². The lowest BCUT2D eigenvalue weighted by molar-refractivity contribution is -0.119. The molecule has 2 heteroatoms. The fraction of sp³-hybridized carbons (Fsp3) is 0.417. The molecule has 0 spiro atoms. The maximum Gasteiger partial charge on any atom is 0.145 e. The molecule has 0 N–H and O–H groups in total. The molecule has 1 nitrogen and oxygen atoms in total. The molecule has 1 aromatic carbocycles. The highest BCUT2D eigenvalue weighted by atomic mass is 32.2. The lowest BCUT2D eigenvalue weighted by atomic mass is 10.1. The molecule has 0 aliphatic heterocycles. The lowest BCUT2D eigenvalue weighted by Gasteiger charge is -2.03. The molecule has 0 unspecified atom stereocenters. The van der Waals surface area contributed by atoms with E-state index in [1.807, 2.05) is 13.8 Å². The predicted octanol–water partition coefficient (Wildman–Crippen LogP) is 3.31. The van der Waals surface area contributed by atoms with Gasteiger partial charge in [0.2, 0.25) is 0 Å². The molecule has 76 valence electrons. The van der Waals surface area contributed by atoms with Crippen LogP contribution in [0.5, 0.6) is 0 Å². The maximum atomic E-state index is 11.4. The van der Waals surface area contributed by atoms with E-state index < -0.39 is 0 Å². The zero-order valence-electron chi connectivity index (χ0n) is 8.91. The Morgan fingerprint density at radius 2 is 1.86 bits per heavy atom. The number of thioether (sulfide) groups is 1. The largest absolute Gasteiger partial charge is 0.298 e. The van der Waals surface area contributed by atoms with Crippen molar-refractivity contribution in [2.75, 3.05) is 5.75 Å². The third kappa shape index (κ3) is 3.54. The zero-order valence-corrected chi connectivity index (χ0v) is 9.73. The fourth-order valence-corrected chi connectivity index (χ4v) is 1.93. The minimum Gasteiger partial charge on any atom is -0.298 e. The van der Waals surface area contributed by atoms with E-state index in [0.717, 1.165) is 0 Å². The minimum atomic E-state index is 0.146. The van der Waals surface area contributed by atoms with Gasteiger partial charge >= 0.3 is 0 Å². The molecule has 0 fully saturated rings. The van der Waals surface area contributed by atoms with Crippen molar-refractivity contribution < 1.29 is 4.79 Å². The molecule has 14 heavy (non-hydrogen) atoms. The summed E-state index contributed by atoms with van der Waals surface area (Å²) >= 11 is 1.62. The van der Waals surface area contributed by atoms with Crippen LogP contribution in [0.4, 0.5) is 0 Å². The Morgan fingerprint density at radius 3 is 2.36 bits per heavy atom. The Hall–Kier alpha value is -0.760. The van der Waals surface area contributed by atoms with Crippen molar-refractivity contribution in [2.24, 2.45) is 5.92 Å². The number of carbonyl (C=O) groups excluding carboxylic acids is 1. The zero-order chi connectivity index (χ0) is 10.6. The molecule has 0 amide bonds. The highest BCUT2D eigenvalue weighted by Crippen LogP contribution is 2.19. The van der Waals surface area contributed by atoms with E-state index >= 15 is 0 Å². The standard InChI is InChI=1S/C12H16OS/c1-9(2)12(13)8-14-11-6-4-10(3)5-7-11/h4-7,9H,8H2,1-3H3. The number of ketones is 1. The minimum absolute atomic E-state index is 0.146. The summed E-state index contributed by atoms with van der Waals surface area (Å²) in [6.45, 7) is 5.95. The topological polar surface area (TPSA) is 17.1 Å². The van der Waals surface area contributed by atoms with Gasteiger partial charge in [0.25, 0.3) is 0 Å². The molecule has 0 bridgehead atoms. The fourth-order valence-electron chi connectivity index (χ4n) is 0.956. The van der Waals surface area contributed by atoms with Crippen molar-refractivity contribution in [2.45, 2.75) is 25.7 Å². The molecule has 0 aromatic heterocycles. The highest BCUT2D eigenvalue weighted by Gasteiger charge is 2.07.